The van der Waals surface area contributed by atoms with Gasteiger partial charge in [-0.05, 0) is 37.6 Å². The lowest BCUT2D eigenvalue weighted by Gasteiger charge is -2.30. The Morgan fingerprint density at radius 1 is 1.45 bits per heavy atom. The van der Waals surface area contributed by atoms with Crippen molar-refractivity contribution in [3.05, 3.63) is 16.1 Å². The van der Waals surface area contributed by atoms with E-state index in [0.29, 0.717) is 25.4 Å². The van der Waals surface area contributed by atoms with Crippen LogP contribution in [0.4, 0.5) is 0 Å². The molecule has 1 aromatic heterocycles. The van der Waals surface area contributed by atoms with E-state index in [-0.39, 0.29) is 11.3 Å². The minimum Gasteiger partial charge on any atom is -0.351 e. The molecular formula is C15H27N3OS. The van der Waals surface area contributed by atoms with E-state index < -0.39 is 0 Å². The normalized spacial score (nSPS) is 13.2. The molecule has 114 valence electrons. The van der Waals surface area contributed by atoms with Gasteiger partial charge in [-0.25, -0.2) is 4.98 Å². The summed E-state index contributed by atoms with van der Waals surface area (Å²) in [5.74, 6) is 0.603. The summed E-state index contributed by atoms with van der Waals surface area (Å²) in [5.41, 5.74) is 5.87. The van der Waals surface area contributed by atoms with Gasteiger partial charge in [-0.1, -0.05) is 20.8 Å². The van der Waals surface area contributed by atoms with Gasteiger partial charge in [-0.3, -0.25) is 4.79 Å². The summed E-state index contributed by atoms with van der Waals surface area (Å²) in [7, 11) is 0. The fourth-order valence-electron chi connectivity index (χ4n) is 2.28. The van der Waals surface area contributed by atoms with Crippen molar-refractivity contribution in [3.8, 4) is 0 Å². The van der Waals surface area contributed by atoms with Crippen LogP contribution in [0.5, 0.6) is 0 Å². The summed E-state index contributed by atoms with van der Waals surface area (Å²) in [6.45, 7) is 9.88. The quantitative estimate of drug-likeness (QED) is 0.813. The Bertz CT molecular complexity index is 423. The number of aromatic nitrogens is 1. The number of carbonyl (C=O) groups is 1. The Morgan fingerprint density at radius 3 is 2.65 bits per heavy atom. The van der Waals surface area contributed by atoms with Crippen LogP contribution in [0, 0.1) is 18.3 Å². The lowest BCUT2D eigenvalue weighted by atomic mass is 9.76. The highest BCUT2D eigenvalue weighted by molar-refractivity contribution is 7.11. The number of carbonyl (C=O) groups excluding carboxylic acids is 1. The van der Waals surface area contributed by atoms with Crippen molar-refractivity contribution in [2.45, 2.75) is 53.5 Å². The number of rotatable bonds is 7. The van der Waals surface area contributed by atoms with E-state index in [1.54, 1.807) is 11.3 Å². The number of nitrogens with zero attached hydrogens (tertiary/aromatic N) is 1. The van der Waals surface area contributed by atoms with Gasteiger partial charge in [0.25, 0.3) is 0 Å². The molecule has 1 rings (SSSR count). The molecule has 1 unspecified atom stereocenters. The topological polar surface area (TPSA) is 68.0 Å². The molecule has 0 bridgehead atoms. The molecule has 20 heavy (non-hydrogen) atoms. The van der Waals surface area contributed by atoms with Crippen molar-refractivity contribution in [2.75, 3.05) is 6.54 Å². The smallest absolute Gasteiger partial charge is 0.220 e. The number of nitrogens with one attached hydrogen (secondary N) is 1. The molecule has 0 aromatic carbocycles. The van der Waals surface area contributed by atoms with Crippen molar-refractivity contribution in [1.82, 2.24) is 10.3 Å². The maximum atomic E-state index is 11.9. The van der Waals surface area contributed by atoms with Gasteiger partial charge in [0.15, 0.2) is 0 Å². The predicted molar refractivity (Wildman–Crippen MR) is 84.5 cm³/mol. The second-order valence-electron chi connectivity index (χ2n) is 6.30. The monoisotopic (exact) mass is 297 g/mol. The molecule has 0 saturated heterocycles. The van der Waals surface area contributed by atoms with E-state index in [2.05, 4.69) is 31.1 Å². The van der Waals surface area contributed by atoms with Gasteiger partial charge >= 0.3 is 0 Å². The SMILES string of the molecule is Cc1ncc(CNC(=O)CCC(CCN)C(C)(C)C)s1. The van der Waals surface area contributed by atoms with E-state index >= 15 is 0 Å². The van der Waals surface area contributed by atoms with Gasteiger partial charge in [-0.2, -0.15) is 0 Å². The summed E-state index contributed by atoms with van der Waals surface area (Å²) in [4.78, 5) is 17.2. The highest BCUT2D eigenvalue weighted by atomic mass is 32.1. The van der Waals surface area contributed by atoms with Crippen LogP contribution in [0.2, 0.25) is 0 Å². The number of aryl methyl sites for hydroxylation is 1. The second-order valence-corrected chi connectivity index (χ2v) is 7.62. The van der Waals surface area contributed by atoms with Crippen LogP contribution in [-0.2, 0) is 11.3 Å². The molecule has 0 spiro atoms. The third-order valence-corrected chi connectivity index (χ3v) is 4.50. The van der Waals surface area contributed by atoms with Crippen LogP contribution >= 0.6 is 11.3 Å². The first kappa shape index (κ1) is 17.1. The van der Waals surface area contributed by atoms with Gasteiger partial charge in [0.05, 0.1) is 11.6 Å². The van der Waals surface area contributed by atoms with Crippen molar-refractivity contribution in [1.29, 1.82) is 0 Å². The van der Waals surface area contributed by atoms with Gasteiger partial charge in [0.1, 0.15) is 0 Å². The fraction of sp³-hybridized carbons (Fsp3) is 0.733. The Balaban J connectivity index is 2.34. The molecule has 1 heterocycles. The molecule has 3 N–H and O–H groups in total. The van der Waals surface area contributed by atoms with Crippen LogP contribution < -0.4 is 11.1 Å². The molecule has 0 aliphatic rings. The first-order valence-electron chi connectivity index (χ1n) is 7.21. The summed E-state index contributed by atoms with van der Waals surface area (Å²) in [6, 6.07) is 0. The van der Waals surface area contributed by atoms with Crippen LogP contribution in [0.1, 0.15) is 49.9 Å². The number of thiazole rings is 1. The van der Waals surface area contributed by atoms with Crippen LogP contribution in [0.3, 0.4) is 0 Å². The van der Waals surface area contributed by atoms with Gasteiger partial charge in [0.2, 0.25) is 5.91 Å². The molecule has 0 aliphatic heterocycles. The van der Waals surface area contributed by atoms with Crippen molar-refractivity contribution in [2.24, 2.45) is 17.1 Å². The molecule has 0 aliphatic carbocycles. The Morgan fingerprint density at radius 2 is 2.15 bits per heavy atom. The van der Waals surface area contributed by atoms with E-state index in [9.17, 15) is 4.79 Å². The van der Waals surface area contributed by atoms with Crippen LogP contribution in [0.25, 0.3) is 0 Å². The zero-order valence-corrected chi connectivity index (χ0v) is 13.8. The summed E-state index contributed by atoms with van der Waals surface area (Å²) in [6.07, 6.45) is 4.27. The highest BCUT2D eigenvalue weighted by Gasteiger charge is 2.24. The average Bonchev–Trinajstić information content (AvgIpc) is 2.76. The summed E-state index contributed by atoms with van der Waals surface area (Å²) in [5, 5.41) is 3.99. The number of hydrogen-bond acceptors (Lipinski definition) is 4. The van der Waals surface area contributed by atoms with Crippen molar-refractivity contribution in [3.63, 3.8) is 0 Å². The number of nitrogens with two attached hydrogens (primary N) is 1. The summed E-state index contributed by atoms with van der Waals surface area (Å²) < 4.78 is 0. The van der Waals surface area contributed by atoms with Gasteiger partial charge in [0, 0.05) is 17.5 Å². The summed E-state index contributed by atoms with van der Waals surface area (Å²) >= 11 is 1.62. The zero-order chi connectivity index (χ0) is 15.2. The van der Waals surface area contributed by atoms with Crippen LogP contribution in [0.15, 0.2) is 6.20 Å². The third kappa shape index (κ3) is 6.01. The maximum absolute atomic E-state index is 11.9. The van der Waals surface area contributed by atoms with Crippen LogP contribution in [-0.4, -0.2) is 17.4 Å². The standard InChI is InChI=1S/C15H27N3OS/c1-11-17-9-13(20-11)10-18-14(19)6-5-12(7-8-16)15(2,3)4/h9,12H,5-8,10,16H2,1-4H3,(H,18,19). The molecule has 4 nitrogen and oxygen atoms in total. The first-order chi connectivity index (χ1) is 9.32. The first-order valence-corrected chi connectivity index (χ1v) is 8.02. The molecule has 0 radical (unpaired) electrons. The van der Waals surface area contributed by atoms with Gasteiger partial charge in [-0.15, -0.1) is 11.3 Å². The minimum absolute atomic E-state index is 0.113. The Labute approximate surface area is 126 Å². The molecule has 0 fully saturated rings. The van der Waals surface area contributed by atoms with E-state index in [1.165, 1.54) is 0 Å². The lowest BCUT2D eigenvalue weighted by molar-refractivity contribution is -0.121. The average molecular weight is 297 g/mol. The van der Waals surface area contributed by atoms with E-state index in [1.807, 2.05) is 13.1 Å². The Hall–Kier alpha value is -0.940. The Kier molecular flexibility index (Phi) is 6.62. The largest absolute Gasteiger partial charge is 0.351 e. The lowest BCUT2D eigenvalue weighted by Crippen LogP contribution is -2.27. The predicted octanol–water partition coefficient (Wildman–Crippen LogP) is 2.86. The van der Waals surface area contributed by atoms with Crippen molar-refractivity contribution >= 4 is 17.2 Å². The minimum atomic E-state index is 0.113. The van der Waals surface area contributed by atoms with E-state index in [0.717, 1.165) is 22.7 Å². The molecule has 0 saturated carbocycles. The van der Waals surface area contributed by atoms with E-state index in [4.69, 9.17) is 5.73 Å². The van der Waals surface area contributed by atoms with Crippen molar-refractivity contribution < 1.29 is 4.79 Å². The second kappa shape index (κ2) is 7.74. The highest BCUT2D eigenvalue weighted by Crippen LogP contribution is 2.32. The molecule has 1 aromatic rings. The molecule has 1 amide bonds. The third-order valence-electron chi connectivity index (χ3n) is 3.59. The number of hydrogen-bond donors (Lipinski definition) is 2. The number of amides is 1. The molecule has 5 heteroatoms. The molecular weight excluding hydrogens is 270 g/mol. The maximum Gasteiger partial charge on any atom is 0.220 e. The van der Waals surface area contributed by atoms with Gasteiger partial charge < -0.3 is 11.1 Å². The fourth-order valence-corrected chi connectivity index (χ4v) is 3.01. The zero-order valence-electron chi connectivity index (χ0n) is 13.0. The molecule has 1 atom stereocenters.